The van der Waals surface area contributed by atoms with E-state index < -0.39 is 11.9 Å². The molecule has 0 aliphatic carbocycles. The lowest BCUT2D eigenvalue weighted by molar-refractivity contribution is -0.139. The molecule has 0 aromatic heterocycles. The predicted molar refractivity (Wildman–Crippen MR) is 102 cm³/mol. The average molecular weight is 370 g/mol. The summed E-state index contributed by atoms with van der Waals surface area (Å²) >= 11 is 0. The van der Waals surface area contributed by atoms with Gasteiger partial charge in [-0.2, -0.15) is 0 Å². The number of rotatable bonds is 5. The number of methoxy groups -OCH3 is 2. The Morgan fingerprint density at radius 3 is 2.37 bits per heavy atom. The number of benzene rings is 1. The zero-order valence-electron chi connectivity index (χ0n) is 15.7. The van der Waals surface area contributed by atoms with E-state index in [1.165, 1.54) is 25.2 Å². The second-order valence-electron chi connectivity index (χ2n) is 6.01. The minimum absolute atomic E-state index is 0.0155. The summed E-state index contributed by atoms with van der Waals surface area (Å²) in [6, 6.07) is 6.93. The number of hydrogen-bond donors (Lipinski definition) is 1. The van der Waals surface area contributed by atoms with Crippen LogP contribution >= 0.6 is 0 Å². The minimum atomic E-state index is -0.691. The van der Waals surface area contributed by atoms with E-state index in [0.29, 0.717) is 11.4 Å². The van der Waals surface area contributed by atoms with E-state index in [9.17, 15) is 14.4 Å². The van der Waals surface area contributed by atoms with Gasteiger partial charge in [-0.25, -0.2) is 9.59 Å². The van der Waals surface area contributed by atoms with Gasteiger partial charge in [-0.05, 0) is 30.4 Å². The smallest absolute Gasteiger partial charge is 0.355 e. The van der Waals surface area contributed by atoms with E-state index in [4.69, 9.17) is 9.47 Å². The van der Waals surface area contributed by atoms with Gasteiger partial charge in [0.05, 0.1) is 19.8 Å². The van der Waals surface area contributed by atoms with Crippen LogP contribution in [-0.4, -0.2) is 32.1 Å². The van der Waals surface area contributed by atoms with Crippen molar-refractivity contribution in [3.05, 3.63) is 60.0 Å². The van der Waals surface area contributed by atoms with Crippen LogP contribution in [0.3, 0.4) is 0 Å². The lowest BCUT2D eigenvalue weighted by atomic mass is 10.1. The van der Waals surface area contributed by atoms with Gasteiger partial charge in [0.2, 0.25) is 5.91 Å². The number of allylic oxidation sites excluding steroid dienone is 2. The highest BCUT2D eigenvalue weighted by atomic mass is 16.5. The normalized spacial score (nSPS) is 13.4. The van der Waals surface area contributed by atoms with Gasteiger partial charge in [-0.15, -0.1) is 0 Å². The Morgan fingerprint density at radius 2 is 1.74 bits per heavy atom. The molecular formula is C20H22N2O5. The Hall–Kier alpha value is -3.35. The van der Waals surface area contributed by atoms with Crippen molar-refractivity contribution in [3.63, 3.8) is 0 Å². The van der Waals surface area contributed by atoms with Crippen molar-refractivity contribution in [2.45, 2.75) is 13.8 Å². The average Bonchev–Trinajstić information content (AvgIpc) is 2.89. The van der Waals surface area contributed by atoms with Gasteiger partial charge < -0.3 is 19.7 Å². The molecule has 2 rings (SSSR count). The SMILES string of the molecule is COC(=O)C1=C(C(=O)OC)N(c2cccc(NC(=O)C(C)C)c2)C=CC=C1. The summed E-state index contributed by atoms with van der Waals surface area (Å²) in [4.78, 5) is 38.1. The van der Waals surface area contributed by atoms with Crippen LogP contribution in [-0.2, 0) is 23.9 Å². The first kappa shape index (κ1) is 20.0. The van der Waals surface area contributed by atoms with Crippen LogP contribution in [0.25, 0.3) is 0 Å². The highest BCUT2D eigenvalue weighted by molar-refractivity contribution is 6.05. The third-order valence-electron chi connectivity index (χ3n) is 3.81. The predicted octanol–water partition coefficient (Wildman–Crippen LogP) is 2.77. The lowest BCUT2D eigenvalue weighted by Gasteiger charge is -2.23. The van der Waals surface area contributed by atoms with Gasteiger partial charge in [-0.3, -0.25) is 4.79 Å². The van der Waals surface area contributed by atoms with Crippen LogP contribution < -0.4 is 10.2 Å². The number of amides is 1. The molecule has 0 spiro atoms. The lowest BCUT2D eigenvalue weighted by Crippen LogP contribution is -2.27. The van der Waals surface area contributed by atoms with Crippen LogP contribution in [0, 0.1) is 5.92 Å². The summed E-state index contributed by atoms with van der Waals surface area (Å²) in [6.07, 6.45) is 6.42. The summed E-state index contributed by atoms with van der Waals surface area (Å²) < 4.78 is 9.65. The maximum absolute atomic E-state index is 12.4. The molecule has 1 N–H and O–H groups in total. The molecule has 0 atom stereocenters. The molecule has 1 aromatic carbocycles. The van der Waals surface area contributed by atoms with Crippen molar-refractivity contribution in [1.29, 1.82) is 0 Å². The first-order valence-corrected chi connectivity index (χ1v) is 8.35. The van der Waals surface area contributed by atoms with Gasteiger partial charge in [0.15, 0.2) is 0 Å². The number of nitrogens with one attached hydrogen (secondary N) is 1. The fraction of sp³-hybridized carbons (Fsp3) is 0.250. The highest BCUT2D eigenvalue weighted by Gasteiger charge is 2.27. The molecule has 1 aliphatic rings. The molecular weight excluding hydrogens is 348 g/mol. The molecule has 1 aliphatic heterocycles. The van der Waals surface area contributed by atoms with Crippen molar-refractivity contribution in [1.82, 2.24) is 0 Å². The van der Waals surface area contributed by atoms with Crippen molar-refractivity contribution in [2.75, 3.05) is 24.4 Å². The molecule has 142 valence electrons. The van der Waals surface area contributed by atoms with E-state index >= 15 is 0 Å². The molecule has 0 fully saturated rings. The monoisotopic (exact) mass is 370 g/mol. The van der Waals surface area contributed by atoms with E-state index in [1.807, 2.05) is 0 Å². The Morgan fingerprint density at radius 1 is 1.04 bits per heavy atom. The molecule has 1 amide bonds. The molecule has 7 nitrogen and oxygen atoms in total. The number of hydrogen-bond acceptors (Lipinski definition) is 6. The van der Waals surface area contributed by atoms with Crippen LogP contribution in [0.4, 0.5) is 11.4 Å². The molecule has 27 heavy (non-hydrogen) atoms. The van der Waals surface area contributed by atoms with Crippen molar-refractivity contribution in [3.8, 4) is 0 Å². The van der Waals surface area contributed by atoms with Crippen molar-refractivity contribution < 1.29 is 23.9 Å². The second-order valence-corrected chi connectivity index (χ2v) is 6.01. The zero-order chi connectivity index (χ0) is 20.0. The first-order chi connectivity index (χ1) is 12.9. The fourth-order valence-electron chi connectivity index (χ4n) is 2.39. The standard InChI is InChI=1S/C20H22N2O5/c1-13(2)18(23)21-14-8-7-9-15(12-14)22-11-6-5-10-16(19(24)26-3)17(22)20(25)27-4/h5-13H,1-4H3,(H,21,23). The maximum Gasteiger partial charge on any atom is 0.355 e. The molecule has 0 radical (unpaired) electrons. The molecule has 0 unspecified atom stereocenters. The molecule has 1 heterocycles. The van der Waals surface area contributed by atoms with Gasteiger partial charge in [0, 0.05) is 23.5 Å². The van der Waals surface area contributed by atoms with Gasteiger partial charge in [-0.1, -0.05) is 26.0 Å². The van der Waals surface area contributed by atoms with Gasteiger partial charge >= 0.3 is 11.9 Å². The molecule has 7 heteroatoms. The molecule has 0 saturated carbocycles. The number of carbonyl (C=O) groups excluding carboxylic acids is 3. The summed E-state index contributed by atoms with van der Waals surface area (Å²) in [6.45, 7) is 3.59. The third-order valence-corrected chi connectivity index (χ3v) is 3.81. The Balaban J connectivity index is 2.53. The minimum Gasteiger partial charge on any atom is -0.465 e. The second kappa shape index (κ2) is 8.84. The van der Waals surface area contributed by atoms with Crippen molar-refractivity contribution in [2.24, 2.45) is 5.92 Å². The highest BCUT2D eigenvalue weighted by Crippen LogP contribution is 2.28. The number of anilines is 2. The number of ether oxygens (including phenoxy) is 2. The summed E-state index contributed by atoms with van der Waals surface area (Å²) in [5.74, 6) is -1.65. The fourth-order valence-corrected chi connectivity index (χ4v) is 2.39. The summed E-state index contributed by atoms with van der Waals surface area (Å²) in [7, 11) is 2.48. The summed E-state index contributed by atoms with van der Waals surface area (Å²) in [5.41, 5.74) is 1.21. The van der Waals surface area contributed by atoms with Crippen LogP contribution in [0.15, 0.2) is 60.0 Å². The van der Waals surface area contributed by atoms with Crippen LogP contribution in [0.5, 0.6) is 0 Å². The number of esters is 2. The van der Waals surface area contributed by atoms with Gasteiger partial charge in [0.1, 0.15) is 5.70 Å². The van der Waals surface area contributed by atoms with E-state index in [1.54, 1.807) is 56.5 Å². The van der Waals surface area contributed by atoms with Gasteiger partial charge in [0.25, 0.3) is 0 Å². The maximum atomic E-state index is 12.4. The largest absolute Gasteiger partial charge is 0.465 e. The zero-order valence-corrected chi connectivity index (χ0v) is 15.7. The van der Waals surface area contributed by atoms with Crippen molar-refractivity contribution >= 4 is 29.2 Å². The third kappa shape index (κ3) is 4.63. The van der Waals surface area contributed by atoms with E-state index in [0.717, 1.165) is 0 Å². The first-order valence-electron chi connectivity index (χ1n) is 8.35. The quantitative estimate of drug-likeness (QED) is 0.803. The summed E-state index contributed by atoms with van der Waals surface area (Å²) in [5, 5.41) is 2.81. The van der Waals surface area contributed by atoms with Crippen LogP contribution in [0.1, 0.15) is 13.8 Å². The Bertz CT molecular complexity index is 837. The Kier molecular flexibility index (Phi) is 6.54. The topological polar surface area (TPSA) is 84.9 Å². The number of nitrogens with zero attached hydrogens (tertiary/aromatic N) is 1. The molecule has 0 saturated heterocycles. The van der Waals surface area contributed by atoms with E-state index in [-0.39, 0.29) is 23.1 Å². The Labute approximate surface area is 157 Å². The molecule has 1 aromatic rings. The number of carbonyl (C=O) groups is 3. The molecule has 0 bridgehead atoms. The van der Waals surface area contributed by atoms with Crippen LogP contribution in [0.2, 0.25) is 0 Å². The van der Waals surface area contributed by atoms with E-state index in [2.05, 4.69) is 5.32 Å².